The third-order valence-electron chi connectivity index (χ3n) is 2.64. The molecule has 0 aromatic heterocycles. The van der Waals surface area contributed by atoms with Crippen LogP contribution in [-0.4, -0.2) is 19.4 Å². The molecule has 1 saturated carbocycles. The van der Waals surface area contributed by atoms with Crippen LogP contribution in [0.4, 0.5) is 4.39 Å². The molecule has 1 aliphatic carbocycles. The number of hydrogen-bond donors (Lipinski definition) is 0. The monoisotopic (exact) mass is 174 g/mol. The molecule has 0 aromatic carbocycles. The summed E-state index contributed by atoms with van der Waals surface area (Å²) in [6.45, 7) is 5.53. The van der Waals surface area contributed by atoms with Gasteiger partial charge in [-0.05, 0) is 18.8 Å². The van der Waals surface area contributed by atoms with E-state index < -0.39 is 6.17 Å². The molecule has 2 heteroatoms. The zero-order chi connectivity index (χ0) is 8.97. The van der Waals surface area contributed by atoms with Gasteiger partial charge in [-0.1, -0.05) is 20.3 Å². The van der Waals surface area contributed by atoms with Gasteiger partial charge in [0.1, 0.15) is 6.17 Å². The first-order valence-corrected chi connectivity index (χ1v) is 4.97. The maximum atomic E-state index is 13.0. The molecular formula is C10H19FO. The lowest BCUT2D eigenvalue weighted by atomic mass is 9.74. The molecule has 12 heavy (non-hydrogen) atoms. The number of hydrogen-bond acceptors (Lipinski definition) is 1. The zero-order valence-corrected chi connectivity index (χ0v) is 8.05. The molecule has 1 rings (SSSR count). The lowest BCUT2D eigenvalue weighted by Crippen LogP contribution is -2.39. The van der Waals surface area contributed by atoms with Crippen LogP contribution < -0.4 is 0 Å². The number of halogens is 1. The lowest BCUT2D eigenvalue weighted by molar-refractivity contribution is -0.0249. The molecule has 72 valence electrons. The lowest BCUT2D eigenvalue weighted by Gasteiger charge is -2.36. The summed E-state index contributed by atoms with van der Waals surface area (Å²) in [6.07, 6.45) is 2.65. The average molecular weight is 174 g/mol. The van der Waals surface area contributed by atoms with Gasteiger partial charge in [0.2, 0.25) is 0 Å². The fourth-order valence-corrected chi connectivity index (χ4v) is 1.65. The highest BCUT2D eigenvalue weighted by molar-refractivity contribution is 4.86. The van der Waals surface area contributed by atoms with Gasteiger partial charge < -0.3 is 4.74 Å². The largest absolute Gasteiger partial charge is 0.381 e. The Morgan fingerprint density at radius 1 is 1.50 bits per heavy atom. The van der Waals surface area contributed by atoms with E-state index in [1.165, 1.54) is 0 Å². The molecule has 0 saturated heterocycles. The summed E-state index contributed by atoms with van der Waals surface area (Å²) in [7, 11) is 0. The van der Waals surface area contributed by atoms with Crippen molar-refractivity contribution >= 4 is 0 Å². The Balaban J connectivity index is 1.95. The van der Waals surface area contributed by atoms with Crippen LogP contribution in [0.5, 0.6) is 0 Å². The van der Waals surface area contributed by atoms with Gasteiger partial charge in [0.05, 0.1) is 6.61 Å². The molecule has 3 atom stereocenters. The van der Waals surface area contributed by atoms with Crippen molar-refractivity contribution in [3.05, 3.63) is 0 Å². The van der Waals surface area contributed by atoms with Gasteiger partial charge in [0.15, 0.2) is 0 Å². The van der Waals surface area contributed by atoms with Crippen molar-refractivity contribution in [3.8, 4) is 0 Å². The van der Waals surface area contributed by atoms with E-state index in [1.54, 1.807) is 0 Å². The summed E-state index contributed by atoms with van der Waals surface area (Å²) in [5.74, 6) is 0.460. The minimum absolute atomic E-state index is 0.192. The van der Waals surface area contributed by atoms with Crippen LogP contribution in [0.2, 0.25) is 0 Å². The fraction of sp³-hybridized carbons (Fsp3) is 1.00. The summed E-state index contributed by atoms with van der Waals surface area (Å²) < 4.78 is 18.4. The van der Waals surface area contributed by atoms with Crippen LogP contribution in [0.3, 0.4) is 0 Å². The predicted octanol–water partition coefficient (Wildman–Crippen LogP) is 2.80. The predicted molar refractivity (Wildman–Crippen MR) is 47.9 cm³/mol. The molecule has 0 N–H and O–H groups in total. The van der Waals surface area contributed by atoms with E-state index in [0.29, 0.717) is 6.61 Å². The third kappa shape index (κ3) is 2.44. The van der Waals surface area contributed by atoms with Crippen LogP contribution in [0.1, 0.15) is 33.1 Å². The quantitative estimate of drug-likeness (QED) is 0.582. The number of rotatable bonds is 5. The highest BCUT2D eigenvalue weighted by Gasteiger charge is 2.37. The number of ether oxygens (including phenoxy) is 1. The minimum atomic E-state index is -0.605. The van der Waals surface area contributed by atoms with Crippen molar-refractivity contribution in [3.63, 3.8) is 0 Å². The van der Waals surface area contributed by atoms with E-state index in [1.807, 2.05) is 6.92 Å². The van der Waals surface area contributed by atoms with Gasteiger partial charge >= 0.3 is 0 Å². The number of unbranched alkanes of at least 4 members (excludes halogenated alkanes) is 1. The van der Waals surface area contributed by atoms with Crippen molar-refractivity contribution in [1.82, 2.24) is 0 Å². The fourth-order valence-electron chi connectivity index (χ4n) is 1.65. The molecule has 0 heterocycles. The molecule has 0 amide bonds. The zero-order valence-electron chi connectivity index (χ0n) is 8.05. The maximum absolute atomic E-state index is 13.0. The van der Waals surface area contributed by atoms with Crippen LogP contribution in [-0.2, 0) is 4.74 Å². The molecular weight excluding hydrogens is 155 g/mol. The van der Waals surface area contributed by atoms with E-state index in [9.17, 15) is 4.39 Å². The van der Waals surface area contributed by atoms with Gasteiger partial charge in [-0.15, -0.1) is 0 Å². The summed E-state index contributed by atoms with van der Waals surface area (Å²) in [6, 6.07) is 0. The molecule has 1 fully saturated rings. The molecule has 1 unspecified atom stereocenters. The maximum Gasteiger partial charge on any atom is 0.108 e. The molecule has 0 radical (unpaired) electrons. The van der Waals surface area contributed by atoms with E-state index in [4.69, 9.17) is 4.74 Å². The standard InChI is InChI=1S/C10H19FO/c1-3-4-5-12-7-9-6-8(2)10(9)11/h8-10H,3-7H2,1-2H3/t8-,9-,10?/m0/s1. The Hall–Kier alpha value is -0.110. The van der Waals surface area contributed by atoms with Gasteiger partial charge in [-0.25, -0.2) is 4.39 Å². The summed E-state index contributed by atoms with van der Waals surface area (Å²) in [5.41, 5.74) is 0. The van der Waals surface area contributed by atoms with Gasteiger partial charge in [0.25, 0.3) is 0 Å². The molecule has 1 aliphatic rings. The Morgan fingerprint density at radius 2 is 2.25 bits per heavy atom. The molecule has 1 nitrogen and oxygen atoms in total. The Morgan fingerprint density at radius 3 is 2.75 bits per heavy atom. The van der Waals surface area contributed by atoms with Crippen LogP contribution in [0, 0.1) is 11.8 Å². The second-order valence-corrected chi connectivity index (χ2v) is 3.85. The summed E-state index contributed by atoms with van der Waals surface area (Å²) in [5, 5.41) is 0. The topological polar surface area (TPSA) is 9.23 Å². The van der Waals surface area contributed by atoms with Crippen molar-refractivity contribution < 1.29 is 9.13 Å². The van der Waals surface area contributed by atoms with Crippen molar-refractivity contribution in [1.29, 1.82) is 0 Å². The first-order valence-electron chi connectivity index (χ1n) is 4.97. The van der Waals surface area contributed by atoms with Crippen molar-refractivity contribution in [2.24, 2.45) is 11.8 Å². The van der Waals surface area contributed by atoms with E-state index in [0.717, 1.165) is 25.9 Å². The molecule has 0 aliphatic heterocycles. The van der Waals surface area contributed by atoms with Crippen LogP contribution in [0.25, 0.3) is 0 Å². The van der Waals surface area contributed by atoms with Crippen LogP contribution in [0.15, 0.2) is 0 Å². The Kier molecular flexibility index (Phi) is 3.99. The molecule has 0 spiro atoms. The third-order valence-corrected chi connectivity index (χ3v) is 2.64. The van der Waals surface area contributed by atoms with E-state index in [2.05, 4.69) is 6.92 Å². The Labute approximate surface area is 74.3 Å². The van der Waals surface area contributed by atoms with Gasteiger partial charge in [0, 0.05) is 12.5 Å². The first-order chi connectivity index (χ1) is 5.75. The summed E-state index contributed by atoms with van der Waals surface area (Å²) in [4.78, 5) is 0. The summed E-state index contributed by atoms with van der Waals surface area (Å²) >= 11 is 0. The average Bonchev–Trinajstić information content (AvgIpc) is 2.10. The normalized spacial score (nSPS) is 34.8. The second-order valence-electron chi connectivity index (χ2n) is 3.85. The Bertz CT molecular complexity index is 127. The smallest absolute Gasteiger partial charge is 0.108 e. The van der Waals surface area contributed by atoms with Gasteiger partial charge in [-0.2, -0.15) is 0 Å². The van der Waals surface area contributed by atoms with E-state index >= 15 is 0 Å². The minimum Gasteiger partial charge on any atom is -0.381 e. The van der Waals surface area contributed by atoms with Crippen molar-refractivity contribution in [2.45, 2.75) is 39.3 Å². The highest BCUT2D eigenvalue weighted by atomic mass is 19.1. The van der Waals surface area contributed by atoms with E-state index in [-0.39, 0.29) is 11.8 Å². The molecule has 0 bridgehead atoms. The first kappa shape index (κ1) is 9.97. The SMILES string of the molecule is CCCCOC[C@@H]1C[C@H](C)C1F. The molecule has 0 aromatic rings. The highest BCUT2D eigenvalue weighted by Crippen LogP contribution is 2.36. The van der Waals surface area contributed by atoms with Gasteiger partial charge in [-0.3, -0.25) is 0 Å². The van der Waals surface area contributed by atoms with Crippen LogP contribution >= 0.6 is 0 Å². The van der Waals surface area contributed by atoms with Crippen molar-refractivity contribution in [2.75, 3.05) is 13.2 Å². The second kappa shape index (κ2) is 4.80. The number of alkyl halides is 1.